The van der Waals surface area contributed by atoms with E-state index >= 15 is 0 Å². The van der Waals surface area contributed by atoms with Crippen LogP contribution >= 0.6 is 0 Å². The summed E-state index contributed by atoms with van der Waals surface area (Å²) in [5.74, 6) is 0.695. The summed E-state index contributed by atoms with van der Waals surface area (Å²) in [4.78, 5) is 18.3. The lowest BCUT2D eigenvalue weighted by atomic mass is 10.2. The zero-order valence-electron chi connectivity index (χ0n) is 11.2. The topological polar surface area (TPSA) is 87.8 Å². The lowest BCUT2D eigenvalue weighted by Gasteiger charge is -2.18. The van der Waals surface area contributed by atoms with E-state index < -0.39 is 18.4 Å². The number of hydrogen-bond donors (Lipinski definition) is 2. The van der Waals surface area contributed by atoms with Gasteiger partial charge in [-0.1, -0.05) is 0 Å². The van der Waals surface area contributed by atoms with Crippen LogP contribution in [0.15, 0.2) is 17.1 Å². The molecule has 2 saturated heterocycles. The van der Waals surface area contributed by atoms with E-state index in [-0.39, 0.29) is 18.7 Å². The highest BCUT2D eigenvalue weighted by Gasteiger charge is 2.35. The molecule has 0 saturated carbocycles. The van der Waals surface area contributed by atoms with Crippen LogP contribution in [0.25, 0.3) is 0 Å². The first-order valence-corrected chi connectivity index (χ1v) is 6.97. The first-order chi connectivity index (χ1) is 9.69. The average molecular weight is 281 g/mol. The van der Waals surface area contributed by atoms with Crippen LogP contribution < -0.4 is 10.6 Å². The molecular weight excluding hydrogens is 262 g/mol. The third-order valence-corrected chi connectivity index (χ3v) is 3.94. The molecule has 110 valence electrons. The van der Waals surface area contributed by atoms with E-state index in [4.69, 9.17) is 9.84 Å². The average Bonchev–Trinajstić information content (AvgIpc) is 3.07. The maximum absolute atomic E-state index is 12.1. The molecule has 1 aromatic heterocycles. The van der Waals surface area contributed by atoms with Crippen LogP contribution in [-0.2, 0) is 4.74 Å². The molecule has 7 heteroatoms. The Bertz CT molecular complexity index is 527. The molecule has 0 amide bonds. The van der Waals surface area contributed by atoms with E-state index in [0.29, 0.717) is 5.82 Å². The van der Waals surface area contributed by atoms with Crippen molar-refractivity contribution in [1.29, 1.82) is 0 Å². The molecule has 3 atom stereocenters. The largest absolute Gasteiger partial charge is 0.394 e. The van der Waals surface area contributed by atoms with Crippen LogP contribution in [-0.4, -0.2) is 51.7 Å². The van der Waals surface area contributed by atoms with Crippen molar-refractivity contribution in [2.45, 2.75) is 37.7 Å². The Morgan fingerprint density at radius 2 is 2.15 bits per heavy atom. The Hall–Kier alpha value is -1.44. The molecule has 1 aromatic rings. The number of hydrogen-bond acceptors (Lipinski definition) is 6. The molecule has 2 aliphatic rings. The summed E-state index contributed by atoms with van der Waals surface area (Å²) in [6.07, 6.45) is 2.24. The number of anilines is 1. The van der Waals surface area contributed by atoms with Crippen molar-refractivity contribution in [2.75, 3.05) is 24.6 Å². The zero-order valence-corrected chi connectivity index (χ0v) is 11.2. The number of rotatable bonds is 3. The van der Waals surface area contributed by atoms with Crippen molar-refractivity contribution in [3.05, 3.63) is 22.7 Å². The van der Waals surface area contributed by atoms with Crippen LogP contribution in [0.2, 0.25) is 0 Å². The van der Waals surface area contributed by atoms with E-state index in [1.54, 1.807) is 12.3 Å². The van der Waals surface area contributed by atoms with E-state index in [2.05, 4.69) is 9.88 Å². The second-order valence-electron chi connectivity index (χ2n) is 5.28. The van der Waals surface area contributed by atoms with Gasteiger partial charge in [0.05, 0.1) is 12.7 Å². The molecule has 2 fully saturated rings. The first-order valence-electron chi connectivity index (χ1n) is 6.97. The second kappa shape index (κ2) is 5.51. The van der Waals surface area contributed by atoms with Gasteiger partial charge in [0.15, 0.2) is 0 Å². The molecule has 0 bridgehead atoms. The number of aromatic nitrogens is 2. The van der Waals surface area contributed by atoms with Crippen molar-refractivity contribution < 1.29 is 14.9 Å². The summed E-state index contributed by atoms with van der Waals surface area (Å²) < 4.78 is 6.84. The van der Waals surface area contributed by atoms with Gasteiger partial charge in [0.1, 0.15) is 18.1 Å². The van der Waals surface area contributed by atoms with Gasteiger partial charge in [0.2, 0.25) is 0 Å². The lowest BCUT2D eigenvalue weighted by molar-refractivity contribution is -0.0458. The summed E-state index contributed by atoms with van der Waals surface area (Å²) in [6, 6.07) is 1.80. The third-order valence-electron chi connectivity index (χ3n) is 3.94. The molecule has 7 nitrogen and oxygen atoms in total. The summed E-state index contributed by atoms with van der Waals surface area (Å²) in [6.45, 7) is 1.61. The molecule has 0 spiro atoms. The fourth-order valence-electron chi connectivity index (χ4n) is 2.80. The van der Waals surface area contributed by atoms with Crippen molar-refractivity contribution in [1.82, 2.24) is 9.55 Å². The molecule has 0 aliphatic carbocycles. The van der Waals surface area contributed by atoms with Crippen LogP contribution in [0.4, 0.5) is 5.82 Å². The third kappa shape index (κ3) is 2.44. The minimum absolute atomic E-state index is 0.258. The van der Waals surface area contributed by atoms with Gasteiger partial charge in [-0.05, 0) is 18.9 Å². The van der Waals surface area contributed by atoms with E-state index in [1.165, 1.54) is 4.57 Å². The van der Waals surface area contributed by atoms with E-state index in [1.807, 2.05) is 0 Å². The highest BCUT2D eigenvalue weighted by Crippen LogP contribution is 2.27. The van der Waals surface area contributed by atoms with Crippen molar-refractivity contribution >= 4 is 5.82 Å². The van der Waals surface area contributed by atoms with Gasteiger partial charge in [-0.15, -0.1) is 0 Å². The maximum Gasteiger partial charge on any atom is 0.351 e. The molecule has 2 N–H and O–H groups in total. The Labute approximate surface area is 116 Å². The highest BCUT2D eigenvalue weighted by atomic mass is 16.5. The van der Waals surface area contributed by atoms with Gasteiger partial charge >= 0.3 is 5.69 Å². The van der Waals surface area contributed by atoms with E-state index in [0.717, 1.165) is 25.9 Å². The molecule has 2 aliphatic heterocycles. The Morgan fingerprint density at radius 3 is 2.75 bits per heavy atom. The maximum atomic E-state index is 12.1. The van der Waals surface area contributed by atoms with Gasteiger partial charge in [-0.3, -0.25) is 4.57 Å². The molecule has 0 radical (unpaired) electrons. The number of nitrogens with zero attached hydrogens (tertiary/aromatic N) is 3. The minimum Gasteiger partial charge on any atom is -0.394 e. The zero-order chi connectivity index (χ0) is 14.1. The molecular formula is C13H19N3O4. The second-order valence-corrected chi connectivity index (χ2v) is 5.28. The Kier molecular flexibility index (Phi) is 3.73. The fourth-order valence-corrected chi connectivity index (χ4v) is 2.80. The van der Waals surface area contributed by atoms with E-state index in [9.17, 15) is 9.90 Å². The smallest absolute Gasteiger partial charge is 0.351 e. The molecule has 20 heavy (non-hydrogen) atoms. The highest BCUT2D eigenvalue weighted by molar-refractivity contribution is 5.37. The van der Waals surface area contributed by atoms with Crippen molar-refractivity contribution in [3.8, 4) is 0 Å². The fraction of sp³-hybridized carbons (Fsp3) is 0.692. The standard InChI is InChI=1S/C13H19N3O4/c17-8-10-9(18)7-12(20-10)16-6-3-11(14-13(16)19)15-4-1-2-5-15/h3,6,9-10,12,17-18H,1-2,4-5,7-8H2/t9-,10-,12-/m1/s1. The summed E-state index contributed by atoms with van der Waals surface area (Å²) in [5, 5.41) is 18.8. The Balaban J connectivity index is 1.79. The quantitative estimate of drug-likeness (QED) is 0.775. The molecule has 0 aromatic carbocycles. The predicted molar refractivity (Wildman–Crippen MR) is 71.6 cm³/mol. The van der Waals surface area contributed by atoms with Crippen molar-refractivity contribution in [3.63, 3.8) is 0 Å². The number of aliphatic hydroxyl groups excluding tert-OH is 2. The van der Waals surface area contributed by atoms with Crippen LogP contribution in [0.3, 0.4) is 0 Å². The summed E-state index contributed by atoms with van der Waals surface area (Å²) >= 11 is 0. The van der Waals surface area contributed by atoms with Gasteiger partial charge in [-0.2, -0.15) is 4.98 Å². The first kappa shape index (κ1) is 13.5. The van der Waals surface area contributed by atoms with Gasteiger partial charge < -0.3 is 19.8 Å². The predicted octanol–water partition coefficient (Wildman–Crippen LogP) is -0.516. The summed E-state index contributed by atoms with van der Waals surface area (Å²) in [7, 11) is 0. The monoisotopic (exact) mass is 281 g/mol. The van der Waals surface area contributed by atoms with Crippen molar-refractivity contribution in [2.24, 2.45) is 0 Å². The summed E-state index contributed by atoms with van der Waals surface area (Å²) in [5.41, 5.74) is -0.384. The minimum atomic E-state index is -0.754. The SMILES string of the molecule is O=c1nc(N2CCCC2)ccn1[C@H]1C[C@@H](O)[C@@H](CO)O1. The lowest BCUT2D eigenvalue weighted by Crippen LogP contribution is -2.30. The van der Waals surface area contributed by atoms with Gasteiger partial charge in [0.25, 0.3) is 0 Å². The Morgan fingerprint density at radius 1 is 1.40 bits per heavy atom. The van der Waals surface area contributed by atoms with Gasteiger partial charge in [0, 0.05) is 25.7 Å². The normalized spacial score (nSPS) is 30.1. The molecule has 3 heterocycles. The number of ether oxygens (including phenoxy) is 1. The number of aliphatic hydroxyl groups is 2. The van der Waals surface area contributed by atoms with Crippen LogP contribution in [0, 0.1) is 0 Å². The van der Waals surface area contributed by atoms with Crippen LogP contribution in [0.1, 0.15) is 25.5 Å². The molecule has 0 unspecified atom stereocenters. The molecule has 3 rings (SSSR count). The van der Waals surface area contributed by atoms with Gasteiger partial charge in [-0.25, -0.2) is 4.79 Å². The van der Waals surface area contributed by atoms with Crippen LogP contribution in [0.5, 0.6) is 0 Å².